The quantitative estimate of drug-likeness (QED) is 0.646. The Morgan fingerprint density at radius 2 is 2.19 bits per heavy atom. The molecule has 0 saturated carbocycles. The second-order valence-electron chi connectivity index (χ2n) is 4.30. The first-order valence-corrected chi connectivity index (χ1v) is 7.21. The summed E-state index contributed by atoms with van der Waals surface area (Å²) in [5, 5.41) is 11.9. The maximum atomic E-state index is 11.6. The molecule has 1 fully saturated rings. The van der Waals surface area contributed by atoms with E-state index in [1.54, 1.807) is 24.3 Å². The molecule has 0 aliphatic carbocycles. The molecule has 0 atom stereocenters. The zero-order valence-electron chi connectivity index (χ0n) is 11.5. The van der Waals surface area contributed by atoms with E-state index in [1.807, 2.05) is 6.92 Å². The molecule has 21 heavy (non-hydrogen) atoms. The van der Waals surface area contributed by atoms with Gasteiger partial charge in [-0.3, -0.25) is 14.9 Å². The highest BCUT2D eigenvalue weighted by Crippen LogP contribution is 2.34. The molecule has 2 amide bonds. The van der Waals surface area contributed by atoms with Crippen LogP contribution in [0.3, 0.4) is 0 Å². The highest BCUT2D eigenvalue weighted by atomic mass is 32.2. The number of thioether (sulfide) groups is 1. The predicted molar refractivity (Wildman–Crippen MR) is 82.3 cm³/mol. The number of aromatic hydroxyl groups is 1. The van der Waals surface area contributed by atoms with Crippen LogP contribution < -0.4 is 10.1 Å². The lowest BCUT2D eigenvalue weighted by molar-refractivity contribution is -0.115. The normalized spacial score (nSPS) is 16.1. The number of ether oxygens (including phenoxy) is 1. The summed E-state index contributed by atoms with van der Waals surface area (Å²) < 4.78 is 5.39. The van der Waals surface area contributed by atoms with Crippen LogP contribution in [0.15, 0.2) is 29.7 Å². The van der Waals surface area contributed by atoms with E-state index in [-0.39, 0.29) is 11.0 Å². The molecule has 2 N–H and O–H groups in total. The second-order valence-corrected chi connectivity index (χ2v) is 5.32. The van der Waals surface area contributed by atoms with Gasteiger partial charge in [-0.25, -0.2) is 0 Å². The van der Waals surface area contributed by atoms with E-state index < -0.39 is 5.91 Å². The molecule has 2 rings (SSSR count). The van der Waals surface area contributed by atoms with Crippen LogP contribution in [-0.2, 0) is 11.2 Å². The molecule has 0 unspecified atom stereocenters. The maximum absolute atomic E-state index is 11.6. The number of hydrogen-bond donors (Lipinski definition) is 2. The van der Waals surface area contributed by atoms with Crippen molar-refractivity contribution >= 4 is 29.0 Å². The fourth-order valence-corrected chi connectivity index (χ4v) is 2.60. The number of phenols is 1. The molecule has 0 spiro atoms. The summed E-state index contributed by atoms with van der Waals surface area (Å²) in [6.45, 7) is 5.88. The van der Waals surface area contributed by atoms with Crippen molar-refractivity contribution in [2.24, 2.45) is 0 Å². The minimum atomic E-state index is -0.415. The van der Waals surface area contributed by atoms with Crippen LogP contribution in [0, 0.1) is 0 Å². The van der Waals surface area contributed by atoms with E-state index in [9.17, 15) is 14.7 Å². The topological polar surface area (TPSA) is 75.6 Å². The first-order chi connectivity index (χ1) is 10.0. The van der Waals surface area contributed by atoms with Gasteiger partial charge in [0.1, 0.15) is 0 Å². The Morgan fingerprint density at radius 1 is 1.43 bits per heavy atom. The number of carbonyl (C=O) groups excluding carboxylic acids is 2. The van der Waals surface area contributed by atoms with Crippen molar-refractivity contribution in [2.45, 2.75) is 13.3 Å². The van der Waals surface area contributed by atoms with Gasteiger partial charge in [0.15, 0.2) is 11.5 Å². The van der Waals surface area contributed by atoms with Crippen LogP contribution in [-0.4, -0.2) is 22.9 Å². The number of imide groups is 1. The number of carbonyl (C=O) groups is 2. The Morgan fingerprint density at radius 3 is 2.76 bits per heavy atom. The smallest absolute Gasteiger partial charge is 0.290 e. The fraction of sp³-hybridized carbons (Fsp3) is 0.200. The minimum Gasteiger partial charge on any atom is -0.504 e. The van der Waals surface area contributed by atoms with E-state index in [4.69, 9.17) is 4.74 Å². The molecule has 0 bridgehead atoms. The highest BCUT2D eigenvalue weighted by molar-refractivity contribution is 8.18. The lowest BCUT2D eigenvalue weighted by Crippen LogP contribution is -2.17. The Labute approximate surface area is 126 Å². The van der Waals surface area contributed by atoms with Gasteiger partial charge in [0.2, 0.25) is 0 Å². The third kappa shape index (κ3) is 3.46. The van der Waals surface area contributed by atoms with Gasteiger partial charge in [0, 0.05) is 5.56 Å². The van der Waals surface area contributed by atoms with E-state index in [2.05, 4.69) is 11.9 Å². The van der Waals surface area contributed by atoms with Crippen LogP contribution in [0.2, 0.25) is 0 Å². The van der Waals surface area contributed by atoms with Crippen LogP contribution in [0.25, 0.3) is 6.08 Å². The van der Waals surface area contributed by atoms with E-state index in [1.165, 1.54) is 0 Å². The van der Waals surface area contributed by atoms with Crippen LogP contribution in [0.1, 0.15) is 18.1 Å². The SMILES string of the molecule is C=CCc1cc(C=C2SC(=O)NC2=O)cc(OCC)c1O. The molecule has 1 saturated heterocycles. The Kier molecular flexibility index (Phi) is 4.70. The summed E-state index contributed by atoms with van der Waals surface area (Å²) >= 11 is 0.849. The molecule has 1 aliphatic rings. The summed E-state index contributed by atoms with van der Waals surface area (Å²) in [6.07, 6.45) is 3.74. The molecule has 0 radical (unpaired) electrons. The van der Waals surface area contributed by atoms with Gasteiger partial charge < -0.3 is 9.84 Å². The summed E-state index contributed by atoms with van der Waals surface area (Å²) in [4.78, 5) is 23.0. The standard InChI is InChI=1S/C15H15NO4S/c1-3-5-10-6-9(7-11(13(10)17)20-4-2)8-12-14(18)16-15(19)21-12/h3,6-8,17H,1,4-5H2,2H3,(H,16,18,19). The number of amides is 2. The van der Waals surface area contributed by atoms with Crippen LogP contribution in [0.5, 0.6) is 11.5 Å². The number of rotatable bonds is 5. The molecule has 5 nitrogen and oxygen atoms in total. The van der Waals surface area contributed by atoms with Gasteiger partial charge in [-0.15, -0.1) is 6.58 Å². The Bertz CT molecular complexity index is 637. The molecule has 110 valence electrons. The summed E-state index contributed by atoms with van der Waals surface area (Å²) in [5.41, 5.74) is 1.33. The number of hydrogen-bond acceptors (Lipinski definition) is 5. The molecule has 1 aromatic rings. The van der Waals surface area contributed by atoms with Crippen molar-refractivity contribution in [2.75, 3.05) is 6.61 Å². The molecular formula is C15H15NO4S. The van der Waals surface area contributed by atoms with E-state index >= 15 is 0 Å². The first kappa shape index (κ1) is 15.2. The van der Waals surface area contributed by atoms with Gasteiger partial charge in [-0.1, -0.05) is 6.08 Å². The van der Waals surface area contributed by atoms with Gasteiger partial charge in [-0.2, -0.15) is 0 Å². The number of phenolic OH excluding ortho intramolecular Hbond substituents is 1. The first-order valence-electron chi connectivity index (χ1n) is 6.39. The molecule has 1 aromatic carbocycles. The average Bonchev–Trinajstić information content (AvgIpc) is 2.74. The molecule has 1 aliphatic heterocycles. The zero-order valence-corrected chi connectivity index (χ0v) is 12.3. The van der Waals surface area contributed by atoms with Gasteiger partial charge >= 0.3 is 0 Å². The maximum Gasteiger partial charge on any atom is 0.290 e. The van der Waals surface area contributed by atoms with Crippen molar-refractivity contribution in [3.8, 4) is 11.5 Å². The van der Waals surface area contributed by atoms with Crippen molar-refractivity contribution in [1.82, 2.24) is 5.32 Å². The Balaban J connectivity index is 2.43. The number of allylic oxidation sites excluding steroid dienone is 1. The largest absolute Gasteiger partial charge is 0.504 e. The van der Waals surface area contributed by atoms with E-state index in [0.29, 0.717) is 34.8 Å². The van der Waals surface area contributed by atoms with Crippen molar-refractivity contribution < 1.29 is 19.4 Å². The van der Waals surface area contributed by atoms with Crippen LogP contribution >= 0.6 is 11.8 Å². The third-order valence-corrected chi connectivity index (χ3v) is 3.59. The summed E-state index contributed by atoms with van der Waals surface area (Å²) in [5.74, 6) is -0.00163. The lowest BCUT2D eigenvalue weighted by atomic mass is 10.1. The van der Waals surface area contributed by atoms with Crippen LogP contribution in [0.4, 0.5) is 4.79 Å². The molecular weight excluding hydrogens is 290 g/mol. The highest BCUT2D eigenvalue weighted by Gasteiger charge is 2.25. The third-order valence-electron chi connectivity index (χ3n) is 2.78. The molecule has 6 heteroatoms. The predicted octanol–water partition coefficient (Wildman–Crippen LogP) is 2.84. The van der Waals surface area contributed by atoms with Gasteiger partial charge in [-0.05, 0) is 48.9 Å². The van der Waals surface area contributed by atoms with Gasteiger partial charge in [0.25, 0.3) is 11.1 Å². The van der Waals surface area contributed by atoms with Crippen molar-refractivity contribution in [1.29, 1.82) is 0 Å². The monoisotopic (exact) mass is 305 g/mol. The lowest BCUT2D eigenvalue weighted by Gasteiger charge is -2.11. The fourth-order valence-electron chi connectivity index (χ4n) is 1.92. The summed E-state index contributed by atoms with van der Waals surface area (Å²) in [7, 11) is 0. The minimum absolute atomic E-state index is 0.0681. The average molecular weight is 305 g/mol. The Hall–Kier alpha value is -2.21. The van der Waals surface area contributed by atoms with Crippen molar-refractivity contribution in [3.05, 3.63) is 40.8 Å². The van der Waals surface area contributed by atoms with Crippen molar-refractivity contribution in [3.63, 3.8) is 0 Å². The zero-order chi connectivity index (χ0) is 15.4. The molecule has 1 heterocycles. The number of benzene rings is 1. The van der Waals surface area contributed by atoms with E-state index in [0.717, 1.165) is 11.8 Å². The second kappa shape index (κ2) is 6.49. The number of nitrogens with one attached hydrogen (secondary N) is 1. The summed E-state index contributed by atoms with van der Waals surface area (Å²) in [6, 6.07) is 3.37. The molecule has 0 aromatic heterocycles. The van der Waals surface area contributed by atoms with Gasteiger partial charge in [0.05, 0.1) is 11.5 Å².